The van der Waals surface area contributed by atoms with Crippen molar-refractivity contribution >= 4 is 5.69 Å². The summed E-state index contributed by atoms with van der Waals surface area (Å²) in [6.45, 7) is 0. The number of nitrogens with one attached hydrogen (secondary N) is 1. The van der Waals surface area contributed by atoms with Crippen LogP contribution in [-0.4, -0.2) is 19.3 Å². The average molecular weight is 230 g/mol. The minimum Gasteiger partial charge on any atom is -0.380 e. The van der Waals surface area contributed by atoms with E-state index in [4.69, 9.17) is 10.00 Å². The SMILES string of the molecule is COC1CCCCC1Nc1ccc(C#N)cc1. The molecule has 17 heavy (non-hydrogen) atoms. The summed E-state index contributed by atoms with van der Waals surface area (Å²) in [7, 11) is 1.78. The van der Waals surface area contributed by atoms with Gasteiger partial charge in [-0.3, -0.25) is 0 Å². The predicted octanol–water partition coefficient (Wildman–Crippen LogP) is 2.93. The third kappa shape index (κ3) is 2.98. The highest BCUT2D eigenvalue weighted by Crippen LogP contribution is 2.24. The lowest BCUT2D eigenvalue weighted by atomic mass is 9.92. The van der Waals surface area contributed by atoms with Gasteiger partial charge in [0.1, 0.15) is 0 Å². The first-order valence-corrected chi connectivity index (χ1v) is 6.13. The van der Waals surface area contributed by atoms with Crippen molar-refractivity contribution in [1.82, 2.24) is 0 Å². The van der Waals surface area contributed by atoms with Crippen LogP contribution in [0.25, 0.3) is 0 Å². The van der Waals surface area contributed by atoms with Gasteiger partial charge in [-0.1, -0.05) is 12.8 Å². The van der Waals surface area contributed by atoms with Gasteiger partial charge in [-0.05, 0) is 37.1 Å². The van der Waals surface area contributed by atoms with Crippen molar-refractivity contribution in [3.05, 3.63) is 29.8 Å². The zero-order valence-corrected chi connectivity index (χ0v) is 10.1. The number of rotatable bonds is 3. The second kappa shape index (κ2) is 5.70. The minimum atomic E-state index is 0.305. The van der Waals surface area contributed by atoms with Crippen LogP contribution in [0.15, 0.2) is 24.3 Å². The van der Waals surface area contributed by atoms with Gasteiger partial charge in [0.25, 0.3) is 0 Å². The molecule has 1 aliphatic rings. The fourth-order valence-corrected chi connectivity index (χ4v) is 2.40. The Labute approximate surface area is 102 Å². The number of nitrogens with zero attached hydrogens (tertiary/aromatic N) is 1. The van der Waals surface area contributed by atoms with E-state index in [1.165, 1.54) is 12.8 Å². The van der Waals surface area contributed by atoms with Crippen molar-refractivity contribution in [2.45, 2.75) is 37.8 Å². The van der Waals surface area contributed by atoms with Crippen LogP contribution >= 0.6 is 0 Å². The molecule has 0 amide bonds. The molecule has 1 aliphatic carbocycles. The summed E-state index contributed by atoms with van der Waals surface area (Å²) in [4.78, 5) is 0. The van der Waals surface area contributed by atoms with Gasteiger partial charge in [0.15, 0.2) is 0 Å². The molecule has 0 aliphatic heterocycles. The zero-order chi connectivity index (χ0) is 12.1. The van der Waals surface area contributed by atoms with Crippen LogP contribution in [0.2, 0.25) is 0 Å². The lowest BCUT2D eigenvalue weighted by Gasteiger charge is -2.31. The summed E-state index contributed by atoms with van der Waals surface area (Å²) in [5.74, 6) is 0. The Morgan fingerprint density at radius 1 is 1.24 bits per heavy atom. The third-order valence-electron chi connectivity index (χ3n) is 3.37. The molecular formula is C14H18N2O. The highest BCUT2D eigenvalue weighted by molar-refractivity contribution is 5.48. The lowest BCUT2D eigenvalue weighted by molar-refractivity contribution is 0.0606. The lowest BCUT2D eigenvalue weighted by Crippen LogP contribution is -2.37. The second-order valence-electron chi connectivity index (χ2n) is 4.50. The first-order valence-electron chi connectivity index (χ1n) is 6.13. The maximum Gasteiger partial charge on any atom is 0.0991 e. The van der Waals surface area contributed by atoms with E-state index in [1.54, 1.807) is 7.11 Å². The average Bonchev–Trinajstić information content (AvgIpc) is 2.40. The molecule has 0 heterocycles. The van der Waals surface area contributed by atoms with Crippen molar-refractivity contribution in [2.75, 3.05) is 12.4 Å². The fourth-order valence-electron chi connectivity index (χ4n) is 2.40. The van der Waals surface area contributed by atoms with Gasteiger partial charge in [-0.2, -0.15) is 5.26 Å². The standard InChI is InChI=1S/C14H18N2O/c1-17-14-5-3-2-4-13(14)16-12-8-6-11(10-15)7-9-12/h6-9,13-14,16H,2-5H2,1H3. The zero-order valence-electron chi connectivity index (χ0n) is 10.1. The van der Waals surface area contributed by atoms with E-state index < -0.39 is 0 Å². The number of methoxy groups -OCH3 is 1. The van der Waals surface area contributed by atoms with Gasteiger partial charge >= 0.3 is 0 Å². The largest absolute Gasteiger partial charge is 0.380 e. The van der Waals surface area contributed by atoms with Gasteiger partial charge in [0.2, 0.25) is 0 Å². The molecule has 3 nitrogen and oxygen atoms in total. The Kier molecular flexibility index (Phi) is 4.00. The van der Waals surface area contributed by atoms with Crippen LogP contribution in [0.3, 0.4) is 0 Å². The van der Waals surface area contributed by atoms with E-state index >= 15 is 0 Å². The number of ether oxygens (including phenoxy) is 1. The van der Waals surface area contributed by atoms with E-state index in [1.807, 2.05) is 24.3 Å². The molecule has 0 aromatic heterocycles. The van der Waals surface area contributed by atoms with Crippen molar-refractivity contribution in [3.8, 4) is 6.07 Å². The van der Waals surface area contributed by atoms with Crippen LogP contribution in [0, 0.1) is 11.3 Å². The van der Waals surface area contributed by atoms with Crippen LogP contribution < -0.4 is 5.32 Å². The summed E-state index contributed by atoms with van der Waals surface area (Å²) >= 11 is 0. The number of anilines is 1. The molecule has 1 N–H and O–H groups in total. The summed E-state index contributed by atoms with van der Waals surface area (Å²) in [6, 6.07) is 10.1. The molecule has 1 fully saturated rings. The van der Waals surface area contributed by atoms with E-state index in [-0.39, 0.29) is 0 Å². The quantitative estimate of drug-likeness (QED) is 0.868. The van der Waals surface area contributed by atoms with E-state index in [2.05, 4.69) is 11.4 Å². The van der Waals surface area contributed by atoms with Crippen LogP contribution in [0.5, 0.6) is 0 Å². The number of nitriles is 1. The van der Waals surface area contributed by atoms with Crippen LogP contribution in [0.1, 0.15) is 31.2 Å². The van der Waals surface area contributed by atoms with Gasteiger partial charge in [0.05, 0.1) is 23.8 Å². The molecular weight excluding hydrogens is 212 g/mol. The molecule has 2 rings (SSSR count). The van der Waals surface area contributed by atoms with E-state index in [0.29, 0.717) is 17.7 Å². The van der Waals surface area contributed by atoms with Gasteiger partial charge in [-0.15, -0.1) is 0 Å². The molecule has 3 heteroatoms. The highest BCUT2D eigenvalue weighted by Gasteiger charge is 2.24. The van der Waals surface area contributed by atoms with Crippen molar-refractivity contribution in [2.24, 2.45) is 0 Å². The van der Waals surface area contributed by atoms with E-state index in [9.17, 15) is 0 Å². The molecule has 2 atom stereocenters. The van der Waals surface area contributed by atoms with Crippen molar-refractivity contribution in [1.29, 1.82) is 5.26 Å². The molecule has 1 aromatic carbocycles. The maximum atomic E-state index is 8.74. The summed E-state index contributed by atoms with van der Waals surface area (Å²) in [5.41, 5.74) is 1.76. The predicted molar refractivity (Wildman–Crippen MR) is 67.8 cm³/mol. The van der Waals surface area contributed by atoms with Gasteiger partial charge < -0.3 is 10.1 Å². The van der Waals surface area contributed by atoms with E-state index in [0.717, 1.165) is 18.5 Å². The summed E-state index contributed by atoms with van der Waals surface area (Å²) < 4.78 is 5.51. The monoisotopic (exact) mass is 230 g/mol. The number of hydrogen-bond donors (Lipinski definition) is 1. The Morgan fingerprint density at radius 3 is 2.59 bits per heavy atom. The highest BCUT2D eigenvalue weighted by atomic mass is 16.5. The minimum absolute atomic E-state index is 0.305. The number of hydrogen-bond acceptors (Lipinski definition) is 3. The molecule has 0 spiro atoms. The maximum absolute atomic E-state index is 8.74. The Morgan fingerprint density at radius 2 is 1.94 bits per heavy atom. The van der Waals surface area contributed by atoms with Crippen molar-refractivity contribution in [3.63, 3.8) is 0 Å². The Hall–Kier alpha value is -1.53. The van der Waals surface area contributed by atoms with Crippen molar-refractivity contribution < 1.29 is 4.74 Å². The fraction of sp³-hybridized carbons (Fsp3) is 0.500. The first kappa shape index (κ1) is 11.9. The molecule has 0 bridgehead atoms. The summed E-state index contributed by atoms with van der Waals surface area (Å²) in [5, 5.41) is 12.2. The van der Waals surface area contributed by atoms with Gasteiger partial charge in [-0.25, -0.2) is 0 Å². The normalized spacial score (nSPS) is 24.0. The molecule has 2 unspecified atom stereocenters. The molecule has 0 radical (unpaired) electrons. The topological polar surface area (TPSA) is 45.0 Å². The Balaban J connectivity index is 2.01. The second-order valence-corrected chi connectivity index (χ2v) is 4.50. The van der Waals surface area contributed by atoms with Crippen LogP contribution in [0.4, 0.5) is 5.69 Å². The molecule has 1 aromatic rings. The Bertz CT molecular complexity index is 394. The van der Waals surface area contributed by atoms with Crippen LogP contribution in [-0.2, 0) is 4.74 Å². The summed E-state index contributed by atoms with van der Waals surface area (Å²) in [6.07, 6.45) is 5.10. The smallest absolute Gasteiger partial charge is 0.0991 e. The first-order chi connectivity index (χ1) is 8.33. The van der Waals surface area contributed by atoms with Gasteiger partial charge in [0, 0.05) is 12.8 Å². The molecule has 90 valence electrons. The molecule has 0 saturated heterocycles. The third-order valence-corrected chi connectivity index (χ3v) is 3.37. The molecule has 1 saturated carbocycles. The number of benzene rings is 1.